The Hall–Kier alpha value is -1.13. The van der Waals surface area contributed by atoms with Crippen LogP contribution >= 0.6 is 0 Å². The fourth-order valence-electron chi connectivity index (χ4n) is 8.98. The van der Waals surface area contributed by atoms with E-state index < -0.39 is 17.6 Å². The molecule has 192 valence electrons. The van der Waals surface area contributed by atoms with Crippen molar-refractivity contribution in [2.45, 2.75) is 111 Å². The molecule has 0 aromatic rings. The standard InChI is InChI=1S/C30H48O4/c1-17(2)18(3)8-9-19(4)24-12-13-25-23-11-10-21-14-22(32)15-27(33)30(21,7)28(23)26(34-20(5)31)16-29(24,25)6/h10,17,19,22-28,32-33H,3,8-9,11-16H2,1-2,4-7H3/t19-,22-,23?,24-,25?,26-,27+,28?,29-,30-/m1/s1. The van der Waals surface area contributed by atoms with Crippen LogP contribution in [0, 0.1) is 46.3 Å². The van der Waals surface area contributed by atoms with Gasteiger partial charge >= 0.3 is 5.97 Å². The lowest BCUT2D eigenvalue weighted by molar-refractivity contribution is -0.186. The molecule has 10 atom stereocenters. The van der Waals surface area contributed by atoms with Crippen LogP contribution in [-0.2, 0) is 9.53 Å². The Morgan fingerprint density at radius 3 is 2.59 bits per heavy atom. The quantitative estimate of drug-likeness (QED) is 0.364. The summed E-state index contributed by atoms with van der Waals surface area (Å²) in [6, 6.07) is 0. The van der Waals surface area contributed by atoms with Gasteiger partial charge in [0.25, 0.3) is 0 Å². The van der Waals surface area contributed by atoms with Gasteiger partial charge in [-0.05, 0) is 80.0 Å². The van der Waals surface area contributed by atoms with E-state index >= 15 is 0 Å². The normalized spacial score (nSPS) is 44.5. The second kappa shape index (κ2) is 9.39. The number of allylic oxidation sites excluding steroid dienone is 2. The monoisotopic (exact) mass is 472 g/mol. The summed E-state index contributed by atoms with van der Waals surface area (Å²) >= 11 is 0. The summed E-state index contributed by atoms with van der Waals surface area (Å²) in [5, 5.41) is 21.6. The van der Waals surface area contributed by atoms with Crippen LogP contribution in [-0.4, -0.2) is 34.5 Å². The first-order chi connectivity index (χ1) is 15.9. The van der Waals surface area contributed by atoms with Crippen molar-refractivity contribution in [2.24, 2.45) is 46.3 Å². The van der Waals surface area contributed by atoms with Crippen LogP contribution < -0.4 is 0 Å². The summed E-state index contributed by atoms with van der Waals surface area (Å²) in [4.78, 5) is 12.3. The molecule has 3 unspecified atom stereocenters. The van der Waals surface area contributed by atoms with Gasteiger partial charge in [-0.2, -0.15) is 0 Å². The summed E-state index contributed by atoms with van der Waals surface area (Å²) in [5.41, 5.74) is 2.23. The van der Waals surface area contributed by atoms with Crippen LogP contribution in [0.2, 0.25) is 0 Å². The van der Waals surface area contributed by atoms with Gasteiger partial charge in [-0.15, -0.1) is 0 Å². The molecule has 4 heteroatoms. The van der Waals surface area contributed by atoms with Gasteiger partial charge in [0.1, 0.15) is 6.10 Å². The van der Waals surface area contributed by atoms with E-state index in [-0.39, 0.29) is 23.4 Å². The van der Waals surface area contributed by atoms with E-state index in [1.165, 1.54) is 37.3 Å². The first-order valence-electron chi connectivity index (χ1n) is 13.8. The second-order valence-electron chi connectivity index (χ2n) is 13.0. The lowest BCUT2D eigenvalue weighted by atomic mass is 9.45. The SMILES string of the molecule is C=C(CC[C@@H](C)[C@H]1CCC2C3CC=C4C[C@@H](O)C[C@H](O)[C@]4(C)C3[C@H](OC(C)=O)C[C@@]21C)C(C)C. The Balaban J connectivity index is 1.65. The highest BCUT2D eigenvalue weighted by Crippen LogP contribution is 2.67. The Kier molecular flexibility index (Phi) is 7.17. The molecular weight excluding hydrogens is 424 g/mol. The van der Waals surface area contributed by atoms with E-state index in [9.17, 15) is 15.0 Å². The zero-order valence-electron chi connectivity index (χ0n) is 22.3. The molecule has 4 nitrogen and oxygen atoms in total. The first kappa shape index (κ1) is 25.9. The number of esters is 1. The number of carbonyl (C=O) groups excluding carboxylic acids is 1. The zero-order valence-corrected chi connectivity index (χ0v) is 22.3. The Labute approximate surface area is 207 Å². The topological polar surface area (TPSA) is 66.8 Å². The molecule has 0 aliphatic heterocycles. The number of ether oxygens (including phenoxy) is 1. The maximum Gasteiger partial charge on any atom is 0.302 e. The summed E-state index contributed by atoms with van der Waals surface area (Å²) in [6.45, 7) is 17.4. The molecule has 0 amide bonds. The van der Waals surface area contributed by atoms with Crippen LogP contribution in [0.1, 0.15) is 92.9 Å². The minimum absolute atomic E-state index is 0.117. The fourth-order valence-corrected chi connectivity index (χ4v) is 8.98. The van der Waals surface area contributed by atoms with E-state index in [0.717, 1.165) is 19.3 Å². The third-order valence-electron chi connectivity index (χ3n) is 10.9. The number of hydrogen-bond donors (Lipinski definition) is 2. The minimum Gasteiger partial charge on any atom is -0.462 e. The average molecular weight is 473 g/mol. The molecule has 0 aromatic heterocycles. The summed E-state index contributed by atoms with van der Waals surface area (Å²) in [6.07, 6.45) is 8.69. The van der Waals surface area contributed by atoms with Crippen LogP contribution in [0.25, 0.3) is 0 Å². The maximum absolute atomic E-state index is 12.3. The van der Waals surface area contributed by atoms with Gasteiger partial charge in [0.15, 0.2) is 0 Å². The van der Waals surface area contributed by atoms with Crippen molar-refractivity contribution in [2.75, 3.05) is 0 Å². The predicted octanol–water partition coefficient (Wildman–Crippen LogP) is 6.07. The molecule has 3 saturated carbocycles. The number of rotatable bonds is 6. The Morgan fingerprint density at radius 2 is 1.94 bits per heavy atom. The minimum atomic E-state index is -0.601. The molecule has 34 heavy (non-hydrogen) atoms. The van der Waals surface area contributed by atoms with Crippen molar-refractivity contribution >= 4 is 5.97 Å². The number of aliphatic hydroxyl groups is 2. The molecule has 0 radical (unpaired) electrons. The van der Waals surface area contributed by atoms with Crippen LogP contribution in [0.15, 0.2) is 23.8 Å². The van der Waals surface area contributed by atoms with Crippen molar-refractivity contribution < 1.29 is 19.7 Å². The van der Waals surface area contributed by atoms with Crippen molar-refractivity contribution in [1.29, 1.82) is 0 Å². The van der Waals surface area contributed by atoms with Crippen LogP contribution in [0.4, 0.5) is 0 Å². The highest BCUT2D eigenvalue weighted by atomic mass is 16.5. The highest BCUT2D eigenvalue weighted by Gasteiger charge is 2.64. The van der Waals surface area contributed by atoms with E-state index in [0.29, 0.717) is 42.4 Å². The molecule has 0 heterocycles. The van der Waals surface area contributed by atoms with E-state index in [1.54, 1.807) is 0 Å². The zero-order chi connectivity index (χ0) is 25.0. The highest BCUT2D eigenvalue weighted by molar-refractivity contribution is 5.66. The summed E-state index contributed by atoms with van der Waals surface area (Å²) in [5.74, 6) is 2.66. The molecule has 3 fully saturated rings. The molecule has 0 saturated heterocycles. The predicted molar refractivity (Wildman–Crippen MR) is 136 cm³/mol. The number of aliphatic hydroxyl groups excluding tert-OH is 2. The summed E-state index contributed by atoms with van der Waals surface area (Å²) in [7, 11) is 0. The molecule has 0 aromatic carbocycles. The average Bonchev–Trinajstić information content (AvgIpc) is 3.08. The molecule has 4 aliphatic carbocycles. The maximum atomic E-state index is 12.3. The summed E-state index contributed by atoms with van der Waals surface area (Å²) < 4.78 is 6.13. The third kappa shape index (κ3) is 4.21. The second-order valence-corrected chi connectivity index (χ2v) is 13.0. The largest absolute Gasteiger partial charge is 0.462 e. The smallest absolute Gasteiger partial charge is 0.302 e. The van der Waals surface area contributed by atoms with Gasteiger partial charge in [-0.25, -0.2) is 0 Å². The molecule has 0 bridgehead atoms. The lowest BCUT2D eigenvalue weighted by Crippen LogP contribution is -2.61. The number of fused-ring (bicyclic) bond motifs is 5. The van der Waals surface area contributed by atoms with E-state index in [4.69, 9.17) is 4.74 Å². The lowest BCUT2D eigenvalue weighted by Gasteiger charge is -2.61. The first-order valence-corrected chi connectivity index (χ1v) is 13.8. The molecule has 4 aliphatic rings. The van der Waals surface area contributed by atoms with E-state index in [1.807, 2.05) is 0 Å². The number of carbonyl (C=O) groups is 1. The van der Waals surface area contributed by atoms with Crippen molar-refractivity contribution in [3.63, 3.8) is 0 Å². The van der Waals surface area contributed by atoms with Crippen molar-refractivity contribution in [1.82, 2.24) is 0 Å². The number of hydrogen-bond acceptors (Lipinski definition) is 4. The van der Waals surface area contributed by atoms with E-state index in [2.05, 4.69) is 47.3 Å². The molecular formula is C30H48O4. The van der Waals surface area contributed by atoms with Crippen LogP contribution in [0.5, 0.6) is 0 Å². The molecule has 2 N–H and O–H groups in total. The van der Waals surface area contributed by atoms with Gasteiger partial charge in [-0.3, -0.25) is 4.79 Å². The van der Waals surface area contributed by atoms with Crippen molar-refractivity contribution in [3.8, 4) is 0 Å². The van der Waals surface area contributed by atoms with Crippen LogP contribution in [0.3, 0.4) is 0 Å². The molecule has 4 rings (SSSR count). The third-order valence-corrected chi connectivity index (χ3v) is 10.9. The Morgan fingerprint density at radius 1 is 1.24 bits per heavy atom. The Bertz CT molecular complexity index is 830. The fraction of sp³-hybridized carbons (Fsp3) is 0.833. The van der Waals surface area contributed by atoms with Crippen molar-refractivity contribution in [3.05, 3.63) is 23.8 Å². The van der Waals surface area contributed by atoms with Gasteiger partial charge < -0.3 is 14.9 Å². The van der Waals surface area contributed by atoms with Gasteiger partial charge in [0, 0.05) is 24.7 Å². The van der Waals surface area contributed by atoms with Gasteiger partial charge in [0.05, 0.1) is 12.2 Å². The van der Waals surface area contributed by atoms with Gasteiger partial charge in [0.2, 0.25) is 0 Å². The van der Waals surface area contributed by atoms with Gasteiger partial charge in [-0.1, -0.05) is 58.4 Å². The molecule has 0 spiro atoms.